The zero-order valence-corrected chi connectivity index (χ0v) is 14.5. The number of anilines is 1. The van der Waals surface area contributed by atoms with Crippen molar-refractivity contribution in [2.45, 2.75) is 43.9 Å². The summed E-state index contributed by atoms with van der Waals surface area (Å²) in [6, 6.07) is 6.39. The molecule has 2 aliphatic rings. The van der Waals surface area contributed by atoms with E-state index in [4.69, 9.17) is 4.74 Å². The highest BCUT2D eigenvalue weighted by atomic mass is 16.5. The number of ether oxygens (including phenoxy) is 1. The summed E-state index contributed by atoms with van der Waals surface area (Å²) in [7, 11) is 0. The van der Waals surface area contributed by atoms with Gasteiger partial charge in [-0.05, 0) is 43.4 Å². The molecule has 2 fully saturated rings. The summed E-state index contributed by atoms with van der Waals surface area (Å²) in [5, 5.41) is 3.48. The maximum atomic E-state index is 6.25. The molecular weight excluding hydrogens is 314 g/mol. The molecule has 1 atom stereocenters. The lowest BCUT2D eigenvalue weighted by molar-refractivity contribution is -0.115. The molecule has 0 unspecified atom stereocenters. The maximum Gasteiger partial charge on any atom is 0.222 e. The minimum Gasteiger partial charge on any atom is -0.375 e. The van der Waals surface area contributed by atoms with E-state index in [1.165, 1.54) is 5.56 Å². The summed E-state index contributed by atoms with van der Waals surface area (Å²) in [4.78, 5) is 15.3. The van der Waals surface area contributed by atoms with E-state index in [9.17, 15) is 0 Å². The van der Waals surface area contributed by atoms with Crippen LogP contribution in [0.3, 0.4) is 0 Å². The summed E-state index contributed by atoms with van der Waals surface area (Å²) in [5.74, 6) is 0.721. The largest absolute Gasteiger partial charge is 0.375 e. The highest BCUT2D eigenvalue weighted by Gasteiger charge is 2.40. The summed E-state index contributed by atoms with van der Waals surface area (Å²) in [5.41, 5.74) is 1.29. The van der Waals surface area contributed by atoms with Crippen molar-refractivity contribution in [2.75, 3.05) is 25.0 Å². The van der Waals surface area contributed by atoms with Crippen LogP contribution in [0, 0.1) is 0 Å². The Hall–Kier alpha value is -2.05. The number of nitrogens with one attached hydrogen (secondary N) is 1. The van der Waals surface area contributed by atoms with Crippen LogP contribution in [0.5, 0.6) is 0 Å². The molecule has 0 radical (unpaired) electrons. The first kappa shape index (κ1) is 16.4. The molecule has 6 heteroatoms. The van der Waals surface area contributed by atoms with E-state index >= 15 is 0 Å². The van der Waals surface area contributed by atoms with Crippen LogP contribution in [-0.4, -0.2) is 51.2 Å². The topological polar surface area (TPSA) is 63.2 Å². The number of aromatic nitrogens is 3. The minimum atomic E-state index is 0.0101. The van der Waals surface area contributed by atoms with Crippen molar-refractivity contribution < 1.29 is 4.74 Å². The van der Waals surface area contributed by atoms with Gasteiger partial charge >= 0.3 is 0 Å². The van der Waals surface area contributed by atoms with Gasteiger partial charge in [0.1, 0.15) is 0 Å². The number of hydrogen-bond donors (Lipinski definition) is 1. The number of hydrogen-bond acceptors (Lipinski definition) is 6. The van der Waals surface area contributed by atoms with E-state index in [0.29, 0.717) is 6.04 Å². The molecule has 2 aromatic rings. The van der Waals surface area contributed by atoms with E-state index in [0.717, 1.165) is 57.9 Å². The fourth-order valence-corrected chi connectivity index (χ4v) is 3.92. The third-order valence-corrected chi connectivity index (χ3v) is 5.29. The van der Waals surface area contributed by atoms with Crippen molar-refractivity contribution in [2.24, 2.45) is 0 Å². The average molecular weight is 339 g/mol. The Morgan fingerprint density at radius 3 is 2.76 bits per heavy atom. The number of nitrogens with zero attached hydrogens (tertiary/aromatic N) is 4. The normalized spacial score (nSPS) is 23.4. The fourth-order valence-electron chi connectivity index (χ4n) is 3.92. The lowest BCUT2D eigenvalue weighted by atomic mass is 9.82. The van der Waals surface area contributed by atoms with Crippen LogP contribution in [-0.2, 0) is 11.3 Å². The van der Waals surface area contributed by atoms with Gasteiger partial charge in [0, 0.05) is 57.1 Å². The molecule has 0 amide bonds. The molecule has 2 aromatic heterocycles. The van der Waals surface area contributed by atoms with Gasteiger partial charge in [0.15, 0.2) is 0 Å². The molecule has 1 N–H and O–H groups in total. The van der Waals surface area contributed by atoms with Crippen LogP contribution in [0.15, 0.2) is 43.0 Å². The van der Waals surface area contributed by atoms with Crippen molar-refractivity contribution >= 4 is 5.95 Å². The Kier molecular flexibility index (Phi) is 4.90. The first-order chi connectivity index (χ1) is 12.3. The molecule has 25 heavy (non-hydrogen) atoms. The van der Waals surface area contributed by atoms with Crippen LogP contribution >= 0.6 is 0 Å². The lowest BCUT2D eigenvalue weighted by Crippen LogP contribution is -2.51. The van der Waals surface area contributed by atoms with Crippen LogP contribution < -0.4 is 5.32 Å². The Balaban J connectivity index is 1.32. The second kappa shape index (κ2) is 7.45. The van der Waals surface area contributed by atoms with E-state index < -0.39 is 0 Å². The fraction of sp³-hybridized carbons (Fsp3) is 0.526. The van der Waals surface area contributed by atoms with E-state index in [2.05, 4.69) is 31.2 Å². The van der Waals surface area contributed by atoms with Gasteiger partial charge in [-0.25, -0.2) is 9.97 Å². The lowest BCUT2D eigenvalue weighted by Gasteiger charge is -2.46. The molecule has 0 aliphatic carbocycles. The minimum absolute atomic E-state index is 0.0101. The molecule has 4 rings (SSSR count). The van der Waals surface area contributed by atoms with E-state index in [1.54, 1.807) is 12.4 Å². The van der Waals surface area contributed by atoms with Gasteiger partial charge in [-0.3, -0.25) is 9.88 Å². The van der Waals surface area contributed by atoms with Gasteiger partial charge in [0.25, 0.3) is 0 Å². The maximum absolute atomic E-state index is 6.25. The predicted molar refractivity (Wildman–Crippen MR) is 96.1 cm³/mol. The zero-order chi connectivity index (χ0) is 17.0. The van der Waals surface area contributed by atoms with Crippen molar-refractivity contribution in [1.29, 1.82) is 0 Å². The van der Waals surface area contributed by atoms with Gasteiger partial charge in [-0.1, -0.05) is 6.07 Å². The molecule has 2 aliphatic heterocycles. The highest BCUT2D eigenvalue weighted by Crippen LogP contribution is 2.36. The number of piperidine rings is 1. The van der Waals surface area contributed by atoms with Gasteiger partial charge in [0.05, 0.1) is 5.60 Å². The smallest absolute Gasteiger partial charge is 0.222 e. The summed E-state index contributed by atoms with van der Waals surface area (Å²) in [6.07, 6.45) is 11.6. The van der Waals surface area contributed by atoms with Gasteiger partial charge in [-0.15, -0.1) is 0 Å². The quantitative estimate of drug-likeness (QED) is 0.923. The van der Waals surface area contributed by atoms with Crippen molar-refractivity contribution in [3.05, 3.63) is 48.5 Å². The zero-order valence-electron chi connectivity index (χ0n) is 14.5. The number of likely N-dealkylation sites (tertiary alicyclic amines) is 1. The number of pyridine rings is 1. The van der Waals surface area contributed by atoms with Gasteiger partial charge < -0.3 is 10.1 Å². The second-order valence-electron chi connectivity index (χ2n) is 7.08. The van der Waals surface area contributed by atoms with E-state index in [1.807, 2.05) is 24.5 Å². The summed E-state index contributed by atoms with van der Waals surface area (Å²) in [6.45, 7) is 3.93. The van der Waals surface area contributed by atoms with Crippen LogP contribution in [0.25, 0.3) is 0 Å². The van der Waals surface area contributed by atoms with Crippen molar-refractivity contribution in [3.63, 3.8) is 0 Å². The molecule has 0 saturated carbocycles. The molecule has 6 nitrogen and oxygen atoms in total. The third kappa shape index (κ3) is 4.14. The van der Waals surface area contributed by atoms with Gasteiger partial charge in [-0.2, -0.15) is 0 Å². The van der Waals surface area contributed by atoms with Crippen molar-refractivity contribution in [1.82, 2.24) is 19.9 Å². The standard InChI is InChI=1S/C19H25N5O/c1-3-16(14-20-7-1)15-24-10-5-19(6-11-24)13-17(4-12-25-19)23-18-21-8-2-9-22-18/h1-3,7-9,14,17H,4-6,10-13,15H2,(H,21,22,23)/t17-/m1/s1. The molecule has 0 aromatic carbocycles. The molecule has 1 spiro atoms. The Morgan fingerprint density at radius 2 is 2.00 bits per heavy atom. The van der Waals surface area contributed by atoms with Crippen LogP contribution in [0.2, 0.25) is 0 Å². The molecule has 132 valence electrons. The Labute approximate surface area is 148 Å². The third-order valence-electron chi connectivity index (χ3n) is 5.29. The van der Waals surface area contributed by atoms with Gasteiger partial charge in [0.2, 0.25) is 5.95 Å². The second-order valence-corrected chi connectivity index (χ2v) is 7.08. The summed E-state index contributed by atoms with van der Waals surface area (Å²) >= 11 is 0. The molecular formula is C19H25N5O. The van der Waals surface area contributed by atoms with Crippen LogP contribution in [0.1, 0.15) is 31.2 Å². The summed E-state index contributed by atoms with van der Waals surface area (Å²) < 4.78 is 6.25. The SMILES string of the molecule is c1cnc(N[C@@H]2CCOC3(CCN(Cc4cccnc4)CC3)C2)nc1. The predicted octanol–water partition coefficient (Wildman–Crippen LogP) is 2.50. The van der Waals surface area contributed by atoms with Crippen molar-refractivity contribution in [3.8, 4) is 0 Å². The average Bonchev–Trinajstić information content (AvgIpc) is 2.66. The highest BCUT2D eigenvalue weighted by molar-refractivity contribution is 5.25. The Bertz CT molecular complexity index is 658. The first-order valence-electron chi connectivity index (χ1n) is 9.10. The number of rotatable bonds is 4. The molecule has 4 heterocycles. The Morgan fingerprint density at radius 1 is 1.16 bits per heavy atom. The van der Waals surface area contributed by atoms with Crippen LogP contribution in [0.4, 0.5) is 5.95 Å². The molecule has 0 bridgehead atoms. The molecule has 2 saturated heterocycles. The monoisotopic (exact) mass is 339 g/mol. The van der Waals surface area contributed by atoms with E-state index in [-0.39, 0.29) is 5.60 Å². The first-order valence-corrected chi connectivity index (χ1v) is 9.10.